The maximum atomic E-state index is 10.7. The van der Waals surface area contributed by atoms with Gasteiger partial charge in [-0.05, 0) is 19.8 Å². The van der Waals surface area contributed by atoms with Crippen molar-refractivity contribution in [1.82, 2.24) is 0 Å². The Labute approximate surface area is 79.4 Å². The highest BCUT2D eigenvalue weighted by atomic mass is 16.5. The number of carboxylic acid groups (broad SMARTS) is 1. The SMILES string of the molecule is CCO/C(CC(C)C)=C(\C)C(=O)O. The second-order valence-corrected chi connectivity index (χ2v) is 3.38. The summed E-state index contributed by atoms with van der Waals surface area (Å²) in [5.74, 6) is 0.116. The molecule has 0 radical (unpaired) electrons. The molecule has 76 valence electrons. The molecule has 0 saturated carbocycles. The Morgan fingerprint density at radius 2 is 2.00 bits per heavy atom. The fourth-order valence-electron chi connectivity index (χ4n) is 0.985. The molecule has 13 heavy (non-hydrogen) atoms. The summed E-state index contributed by atoms with van der Waals surface area (Å²) in [6.07, 6.45) is 0.686. The number of hydrogen-bond donors (Lipinski definition) is 1. The number of ether oxygens (including phenoxy) is 1. The lowest BCUT2D eigenvalue weighted by Crippen LogP contribution is -2.06. The predicted octanol–water partition coefficient (Wildman–Crippen LogP) is 2.43. The molecule has 0 unspecified atom stereocenters. The molecule has 0 saturated heterocycles. The Morgan fingerprint density at radius 3 is 2.31 bits per heavy atom. The van der Waals surface area contributed by atoms with E-state index >= 15 is 0 Å². The molecule has 0 atom stereocenters. The van der Waals surface area contributed by atoms with Crippen molar-refractivity contribution in [3.63, 3.8) is 0 Å². The zero-order valence-electron chi connectivity index (χ0n) is 8.76. The number of carbonyl (C=O) groups is 1. The van der Waals surface area contributed by atoms with Crippen LogP contribution in [0.2, 0.25) is 0 Å². The van der Waals surface area contributed by atoms with Crippen molar-refractivity contribution in [3.05, 3.63) is 11.3 Å². The van der Waals surface area contributed by atoms with Crippen LogP contribution in [0.25, 0.3) is 0 Å². The molecular formula is C10H18O3. The lowest BCUT2D eigenvalue weighted by Gasteiger charge is -2.12. The van der Waals surface area contributed by atoms with Gasteiger partial charge in [-0.3, -0.25) is 0 Å². The van der Waals surface area contributed by atoms with E-state index in [1.165, 1.54) is 0 Å². The van der Waals surface area contributed by atoms with Crippen LogP contribution in [0.3, 0.4) is 0 Å². The van der Waals surface area contributed by atoms with Gasteiger partial charge in [-0.2, -0.15) is 0 Å². The fraction of sp³-hybridized carbons (Fsp3) is 0.700. The Hall–Kier alpha value is -0.990. The topological polar surface area (TPSA) is 46.5 Å². The monoisotopic (exact) mass is 186 g/mol. The first-order chi connectivity index (χ1) is 5.99. The first-order valence-electron chi connectivity index (χ1n) is 4.54. The van der Waals surface area contributed by atoms with E-state index < -0.39 is 5.97 Å². The first-order valence-corrected chi connectivity index (χ1v) is 4.54. The molecule has 3 nitrogen and oxygen atoms in total. The molecule has 0 fully saturated rings. The van der Waals surface area contributed by atoms with Crippen molar-refractivity contribution in [2.75, 3.05) is 6.61 Å². The van der Waals surface area contributed by atoms with Crippen LogP contribution in [-0.4, -0.2) is 17.7 Å². The third-order valence-electron chi connectivity index (χ3n) is 1.65. The molecule has 0 aliphatic heterocycles. The van der Waals surface area contributed by atoms with E-state index in [-0.39, 0.29) is 0 Å². The van der Waals surface area contributed by atoms with Gasteiger partial charge >= 0.3 is 5.97 Å². The van der Waals surface area contributed by atoms with Gasteiger partial charge in [0.05, 0.1) is 12.2 Å². The summed E-state index contributed by atoms with van der Waals surface area (Å²) in [4.78, 5) is 10.7. The molecule has 0 bridgehead atoms. The van der Waals surface area contributed by atoms with E-state index in [2.05, 4.69) is 0 Å². The van der Waals surface area contributed by atoms with Crippen LogP contribution in [0.4, 0.5) is 0 Å². The highest BCUT2D eigenvalue weighted by Gasteiger charge is 2.11. The van der Waals surface area contributed by atoms with Gasteiger partial charge in [0.25, 0.3) is 0 Å². The molecule has 0 spiro atoms. The zero-order valence-corrected chi connectivity index (χ0v) is 8.76. The zero-order chi connectivity index (χ0) is 10.4. The number of aliphatic carboxylic acids is 1. The Kier molecular flexibility index (Phi) is 5.19. The van der Waals surface area contributed by atoms with Crippen LogP contribution in [0, 0.1) is 5.92 Å². The van der Waals surface area contributed by atoms with E-state index in [0.717, 1.165) is 0 Å². The average Bonchev–Trinajstić information content (AvgIpc) is 2.01. The van der Waals surface area contributed by atoms with Gasteiger partial charge < -0.3 is 9.84 Å². The van der Waals surface area contributed by atoms with Crippen molar-refractivity contribution in [1.29, 1.82) is 0 Å². The fourth-order valence-corrected chi connectivity index (χ4v) is 0.985. The minimum absolute atomic E-state index is 0.315. The van der Waals surface area contributed by atoms with Crippen molar-refractivity contribution in [2.24, 2.45) is 5.92 Å². The van der Waals surface area contributed by atoms with Gasteiger partial charge in [0.2, 0.25) is 0 Å². The molecule has 0 aromatic heterocycles. The molecule has 0 aromatic carbocycles. The highest BCUT2D eigenvalue weighted by Crippen LogP contribution is 2.16. The Morgan fingerprint density at radius 1 is 1.46 bits per heavy atom. The van der Waals surface area contributed by atoms with Gasteiger partial charge in [0, 0.05) is 6.42 Å². The third-order valence-corrected chi connectivity index (χ3v) is 1.65. The summed E-state index contributed by atoms with van der Waals surface area (Å²) in [5, 5.41) is 8.75. The maximum absolute atomic E-state index is 10.7. The van der Waals surface area contributed by atoms with E-state index in [1.807, 2.05) is 20.8 Å². The van der Waals surface area contributed by atoms with E-state index in [1.54, 1.807) is 6.92 Å². The summed E-state index contributed by atoms with van der Waals surface area (Å²) >= 11 is 0. The largest absolute Gasteiger partial charge is 0.498 e. The summed E-state index contributed by atoms with van der Waals surface area (Å²) in [6.45, 7) is 8.03. The Balaban J connectivity index is 4.56. The number of allylic oxidation sites excluding steroid dienone is 1. The molecule has 3 heteroatoms. The molecule has 0 heterocycles. The quantitative estimate of drug-likeness (QED) is 0.530. The second kappa shape index (κ2) is 5.62. The van der Waals surface area contributed by atoms with E-state index in [0.29, 0.717) is 30.3 Å². The summed E-state index contributed by atoms with van der Waals surface area (Å²) in [7, 11) is 0. The van der Waals surface area contributed by atoms with Gasteiger partial charge in [0.1, 0.15) is 5.76 Å². The average molecular weight is 186 g/mol. The van der Waals surface area contributed by atoms with Crippen molar-refractivity contribution < 1.29 is 14.6 Å². The van der Waals surface area contributed by atoms with Crippen molar-refractivity contribution in [2.45, 2.75) is 34.1 Å². The van der Waals surface area contributed by atoms with Crippen LogP contribution in [0.5, 0.6) is 0 Å². The maximum Gasteiger partial charge on any atom is 0.334 e. The second-order valence-electron chi connectivity index (χ2n) is 3.38. The summed E-state index contributed by atoms with van der Waals surface area (Å²) < 4.78 is 5.27. The Bertz CT molecular complexity index is 204. The smallest absolute Gasteiger partial charge is 0.334 e. The molecule has 0 rings (SSSR count). The normalized spacial score (nSPS) is 12.7. The van der Waals surface area contributed by atoms with Gasteiger partial charge in [0.15, 0.2) is 0 Å². The van der Waals surface area contributed by atoms with E-state index in [4.69, 9.17) is 9.84 Å². The molecular weight excluding hydrogens is 168 g/mol. The third kappa shape index (κ3) is 4.55. The van der Waals surface area contributed by atoms with Crippen molar-refractivity contribution >= 4 is 5.97 Å². The molecule has 0 amide bonds. The van der Waals surface area contributed by atoms with Crippen LogP contribution in [-0.2, 0) is 9.53 Å². The van der Waals surface area contributed by atoms with Crippen LogP contribution in [0.15, 0.2) is 11.3 Å². The van der Waals surface area contributed by atoms with Crippen LogP contribution < -0.4 is 0 Å². The first kappa shape index (κ1) is 12.0. The standard InChI is InChI=1S/C10H18O3/c1-5-13-9(6-7(2)3)8(4)10(11)12/h7H,5-6H2,1-4H3,(H,11,12)/b9-8+. The van der Waals surface area contributed by atoms with Gasteiger partial charge in [-0.15, -0.1) is 0 Å². The van der Waals surface area contributed by atoms with Gasteiger partial charge in [-0.25, -0.2) is 4.79 Å². The van der Waals surface area contributed by atoms with E-state index in [9.17, 15) is 4.79 Å². The van der Waals surface area contributed by atoms with Crippen LogP contribution in [0.1, 0.15) is 34.1 Å². The highest BCUT2D eigenvalue weighted by molar-refractivity contribution is 5.86. The minimum atomic E-state index is -0.899. The lowest BCUT2D eigenvalue weighted by molar-refractivity contribution is -0.132. The lowest BCUT2D eigenvalue weighted by atomic mass is 10.1. The molecule has 1 N–H and O–H groups in total. The predicted molar refractivity (Wildman–Crippen MR) is 51.4 cm³/mol. The number of rotatable bonds is 5. The molecule has 0 aromatic rings. The summed E-state index contributed by atoms with van der Waals surface area (Å²) in [5.41, 5.74) is 0.315. The minimum Gasteiger partial charge on any atom is -0.498 e. The molecule has 0 aliphatic carbocycles. The van der Waals surface area contributed by atoms with Crippen LogP contribution >= 0.6 is 0 Å². The number of carboxylic acids is 1. The van der Waals surface area contributed by atoms with Crippen molar-refractivity contribution in [3.8, 4) is 0 Å². The van der Waals surface area contributed by atoms with Gasteiger partial charge in [-0.1, -0.05) is 13.8 Å². The number of hydrogen-bond acceptors (Lipinski definition) is 2. The molecule has 0 aliphatic rings. The summed E-state index contributed by atoms with van der Waals surface area (Å²) in [6, 6.07) is 0.